The summed E-state index contributed by atoms with van der Waals surface area (Å²) in [5, 5.41) is 9.50. The van der Waals surface area contributed by atoms with Gasteiger partial charge in [-0.3, -0.25) is 4.90 Å². The average molecular weight is 520 g/mol. The molecule has 1 saturated heterocycles. The van der Waals surface area contributed by atoms with Crippen LogP contribution in [-0.2, 0) is 0 Å². The Labute approximate surface area is 218 Å². The Balaban J connectivity index is 1.05. The minimum absolute atomic E-state index is 0.190. The summed E-state index contributed by atoms with van der Waals surface area (Å²) >= 11 is 1.51. The SMILES string of the molecule is CC1CN(c2ccc(Nc3nc(N)n(-c4ncnc5ccsc45)n3)cc2F)CCN1[C@H]1C[C@@H]2CC[C@H]1C2. The Kier molecular flexibility index (Phi) is 5.51. The number of aromatic nitrogens is 5. The highest BCUT2D eigenvalue weighted by Crippen LogP contribution is 2.47. The molecule has 2 bridgehead atoms. The highest BCUT2D eigenvalue weighted by atomic mass is 32.1. The van der Waals surface area contributed by atoms with Crippen LogP contribution in [-0.4, -0.2) is 61.4 Å². The fourth-order valence-corrected chi connectivity index (χ4v) is 7.55. The number of benzene rings is 1. The van der Waals surface area contributed by atoms with Crippen LogP contribution in [0.3, 0.4) is 0 Å². The van der Waals surface area contributed by atoms with Crippen molar-refractivity contribution in [3.05, 3.63) is 41.8 Å². The Morgan fingerprint density at radius 2 is 2.05 bits per heavy atom. The number of nitrogens with zero attached hydrogens (tertiary/aromatic N) is 7. The molecular weight excluding hydrogens is 489 g/mol. The summed E-state index contributed by atoms with van der Waals surface area (Å²) in [6, 6.07) is 8.28. The number of anilines is 4. The van der Waals surface area contributed by atoms with Crippen molar-refractivity contribution < 1.29 is 4.39 Å². The molecule has 0 amide bonds. The van der Waals surface area contributed by atoms with Gasteiger partial charge in [0.2, 0.25) is 11.9 Å². The Bertz CT molecular complexity index is 1450. The summed E-state index contributed by atoms with van der Waals surface area (Å²) in [6.45, 7) is 4.98. The normalized spacial score (nSPS) is 25.8. The van der Waals surface area contributed by atoms with E-state index < -0.39 is 0 Å². The first-order valence-electron chi connectivity index (χ1n) is 13.0. The summed E-state index contributed by atoms with van der Waals surface area (Å²) in [5.74, 6) is 2.59. The maximum absolute atomic E-state index is 15.3. The molecule has 1 unspecified atom stereocenters. The fourth-order valence-electron chi connectivity index (χ4n) is 6.73. The molecule has 4 heterocycles. The zero-order valence-corrected chi connectivity index (χ0v) is 21.5. The van der Waals surface area contributed by atoms with Crippen LogP contribution in [0.5, 0.6) is 0 Å². The van der Waals surface area contributed by atoms with Gasteiger partial charge in [-0.25, -0.2) is 14.4 Å². The minimum atomic E-state index is -0.255. The highest BCUT2D eigenvalue weighted by Gasteiger charge is 2.44. The third-order valence-electron chi connectivity index (χ3n) is 8.41. The lowest BCUT2D eigenvalue weighted by Gasteiger charge is -2.46. The standard InChI is InChI=1S/C26H30FN9S/c1-15-13-34(7-8-35(15)22-11-16-2-3-17(22)10-16)21-5-4-18(12-19(21)27)31-26-32-25(28)36(33-26)24-23-20(6-9-37-23)29-14-30-24/h4-6,9,12,14-17,22H,2-3,7-8,10-11,13H2,1H3,(H3,28,31,32,33)/t15?,16-,17+,22+/m1/s1. The molecule has 0 radical (unpaired) electrons. The molecule has 9 nitrogen and oxygen atoms in total. The van der Waals surface area contributed by atoms with Crippen LogP contribution in [0.2, 0.25) is 0 Å². The van der Waals surface area contributed by atoms with Gasteiger partial charge < -0.3 is 16.0 Å². The molecule has 11 heteroatoms. The second-order valence-electron chi connectivity index (χ2n) is 10.6. The third kappa shape index (κ3) is 4.00. The van der Waals surface area contributed by atoms with E-state index in [2.05, 4.69) is 42.1 Å². The number of nitrogens with two attached hydrogens (primary N) is 1. The molecule has 4 atom stereocenters. The van der Waals surface area contributed by atoms with Crippen molar-refractivity contribution in [3.8, 4) is 5.82 Å². The van der Waals surface area contributed by atoms with E-state index in [0.29, 0.717) is 23.2 Å². The average Bonchev–Trinajstić information content (AvgIpc) is 3.68. The molecule has 1 aromatic carbocycles. The molecule has 1 aliphatic heterocycles. The summed E-state index contributed by atoms with van der Waals surface area (Å²) in [6.07, 6.45) is 7.06. The molecule has 192 valence electrons. The molecule has 2 aliphatic carbocycles. The van der Waals surface area contributed by atoms with E-state index >= 15 is 4.39 Å². The lowest BCUT2D eigenvalue weighted by Crippen LogP contribution is -2.56. The van der Waals surface area contributed by atoms with Crippen molar-refractivity contribution in [1.29, 1.82) is 0 Å². The van der Waals surface area contributed by atoms with E-state index in [1.54, 1.807) is 0 Å². The first-order valence-corrected chi connectivity index (χ1v) is 13.9. The fraction of sp³-hybridized carbons (Fsp3) is 0.462. The van der Waals surface area contributed by atoms with Gasteiger partial charge in [0.25, 0.3) is 0 Å². The monoisotopic (exact) mass is 519 g/mol. The zero-order chi connectivity index (χ0) is 25.1. The molecule has 37 heavy (non-hydrogen) atoms. The van der Waals surface area contributed by atoms with E-state index in [1.165, 1.54) is 54.1 Å². The van der Waals surface area contributed by atoms with Gasteiger partial charge in [0.05, 0.1) is 15.9 Å². The van der Waals surface area contributed by atoms with E-state index in [4.69, 9.17) is 5.73 Å². The highest BCUT2D eigenvalue weighted by molar-refractivity contribution is 7.17. The van der Waals surface area contributed by atoms with Crippen molar-refractivity contribution in [3.63, 3.8) is 0 Å². The quantitative estimate of drug-likeness (QED) is 0.399. The van der Waals surface area contributed by atoms with E-state index in [9.17, 15) is 0 Å². The number of halogens is 1. The number of thiophene rings is 1. The number of hydrogen-bond donors (Lipinski definition) is 2. The first kappa shape index (κ1) is 22.9. The molecule has 7 rings (SSSR count). The molecular formula is C26H30FN9S. The number of hydrogen-bond acceptors (Lipinski definition) is 9. The number of nitrogen functional groups attached to an aromatic ring is 1. The number of piperazine rings is 1. The second kappa shape index (κ2) is 8.91. The van der Waals surface area contributed by atoms with Crippen LogP contribution in [0.1, 0.15) is 32.6 Å². The lowest BCUT2D eigenvalue weighted by atomic mass is 9.92. The Hall–Kier alpha value is -3.31. The number of rotatable bonds is 5. The summed E-state index contributed by atoms with van der Waals surface area (Å²) in [4.78, 5) is 17.8. The molecule has 3 aliphatic rings. The molecule has 0 spiro atoms. The molecule has 3 N–H and O–H groups in total. The first-order chi connectivity index (χ1) is 18.0. The predicted octanol–water partition coefficient (Wildman–Crippen LogP) is 4.44. The lowest BCUT2D eigenvalue weighted by molar-refractivity contribution is 0.0900. The molecule has 3 aromatic heterocycles. The van der Waals surface area contributed by atoms with Crippen molar-refractivity contribution >= 4 is 44.8 Å². The summed E-state index contributed by atoms with van der Waals surface area (Å²) < 4.78 is 17.6. The van der Waals surface area contributed by atoms with Crippen molar-refractivity contribution in [2.24, 2.45) is 11.8 Å². The van der Waals surface area contributed by atoms with Gasteiger partial charge in [-0.05, 0) is 67.7 Å². The smallest absolute Gasteiger partial charge is 0.248 e. The van der Waals surface area contributed by atoms with Gasteiger partial charge in [0, 0.05) is 37.4 Å². The van der Waals surface area contributed by atoms with Crippen LogP contribution >= 0.6 is 11.3 Å². The van der Waals surface area contributed by atoms with Crippen LogP contribution in [0.25, 0.3) is 16.0 Å². The van der Waals surface area contributed by atoms with Crippen molar-refractivity contribution in [1.82, 2.24) is 29.6 Å². The summed E-state index contributed by atoms with van der Waals surface area (Å²) in [5.41, 5.74) is 8.17. The van der Waals surface area contributed by atoms with E-state index in [-0.39, 0.29) is 17.7 Å². The zero-order valence-electron chi connectivity index (χ0n) is 20.7. The maximum Gasteiger partial charge on any atom is 0.248 e. The van der Waals surface area contributed by atoms with Gasteiger partial charge in [0.15, 0.2) is 5.82 Å². The molecule has 2 saturated carbocycles. The van der Waals surface area contributed by atoms with Gasteiger partial charge in [-0.15, -0.1) is 16.4 Å². The number of nitrogens with one attached hydrogen (secondary N) is 1. The minimum Gasteiger partial charge on any atom is -0.368 e. The molecule has 4 aromatic rings. The van der Waals surface area contributed by atoms with Crippen LogP contribution < -0.4 is 16.0 Å². The second-order valence-corrected chi connectivity index (χ2v) is 11.5. The van der Waals surface area contributed by atoms with Gasteiger partial charge in [-0.2, -0.15) is 9.67 Å². The molecule has 3 fully saturated rings. The van der Waals surface area contributed by atoms with Gasteiger partial charge in [0.1, 0.15) is 12.1 Å². The topological polar surface area (TPSA) is 101 Å². The number of fused-ring (bicyclic) bond motifs is 3. The maximum atomic E-state index is 15.3. The van der Waals surface area contributed by atoms with Crippen LogP contribution in [0.15, 0.2) is 36.0 Å². The van der Waals surface area contributed by atoms with E-state index in [1.807, 2.05) is 23.6 Å². The Morgan fingerprint density at radius 3 is 2.84 bits per heavy atom. The van der Waals surface area contributed by atoms with Crippen molar-refractivity contribution in [2.75, 3.05) is 35.6 Å². The van der Waals surface area contributed by atoms with E-state index in [0.717, 1.165) is 47.7 Å². The summed E-state index contributed by atoms with van der Waals surface area (Å²) in [7, 11) is 0. The predicted molar refractivity (Wildman–Crippen MR) is 144 cm³/mol. The van der Waals surface area contributed by atoms with Crippen LogP contribution in [0, 0.1) is 17.7 Å². The largest absolute Gasteiger partial charge is 0.368 e. The van der Waals surface area contributed by atoms with Gasteiger partial charge >= 0.3 is 0 Å². The van der Waals surface area contributed by atoms with Crippen LogP contribution in [0.4, 0.5) is 27.7 Å². The van der Waals surface area contributed by atoms with Crippen molar-refractivity contribution in [2.45, 2.75) is 44.7 Å². The van der Waals surface area contributed by atoms with Gasteiger partial charge in [-0.1, -0.05) is 6.42 Å². The Morgan fingerprint density at radius 1 is 1.14 bits per heavy atom. The third-order valence-corrected chi connectivity index (χ3v) is 9.31.